The van der Waals surface area contributed by atoms with Crippen molar-refractivity contribution in [2.75, 3.05) is 5.32 Å². The van der Waals surface area contributed by atoms with Crippen LogP contribution in [0.3, 0.4) is 0 Å². The number of rotatable bonds is 4. The van der Waals surface area contributed by atoms with Gasteiger partial charge in [0.05, 0.1) is 17.1 Å². The van der Waals surface area contributed by atoms with Crippen molar-refractivity contribution in [3.63, 3.8) is 0 Å². The van der Waals surface area contributed by atoms with E-state index in [2.05, 4.69) is 31.2 Å². The molecule has 0 radical (unpaired) electrons. The summed E-state index contributed by atoms with van der Waals surface area (Å²) in [6, 6.07) is 18.4. The van der Waals surface area contributed by atoms with Crippen molar-refractivity contribution >= 4 is 11.7 Å². The van der Waals surface area contributed by atoms with E-state index in [1.807, 2.05) is 37.3 Å². The zero-order valence-electron chi connectivity index (χ0n) is 18.9. The molecular formula is C25H25N5O3. The quantitative estimate of drug-likeness (QED) is 0.503. The van der Waals surface area contributed by atoms with Crippen molar-refractivity contribution in [3.8, 4) is 11.4 Å². The molecule has 4 rings (SSSR count). The smallest absolute Gasteiger partial charge is 0.269 e. The van der Waals surface area contributed by atoms with Crippen LogP contribution in [-0.2, 0) is 5.41 Å². The molecule has 168 valence electrons. The Balaban J connectivity index is 1.75. The molecule has 4 aromatic rings. The zero-order valence-corrected chi connectivity index (χ0v) is 18.9. The maximum absolute atomic E-state index is 13.2. The van der Waals surface area contributed by atoms with Crippen LogP contribution in [-0.4, -0.2) is 25.5 Å². The van der Waals surface area contributed by atoms with E-state index < -0.39 is 11.1 Å². The van der Waals surface area contributed by atoms with Gasteiger partial charge in [0.25, 0.3) is 17.0 Å². The number of H-pyrrole nitrogens is 1. The second kappa shape index (κ2) is 8.38. The van der Waals surface area contributed by atoms with E-state index in [0.29, 0.717) is 17.1 Å². The lowest BCUT2D eigenvalue weighted by atomic mass is 9.90. The number of nitrogens with zero attached hydrogens (tertiary/aromatic N) is 3. The summed E-state index contributed by atoms with van der Waals surface area (Å²) in [5, 5.41) is 10.3. The number of benzene rings is 2. The third kappa shape index (κ3) is 4.41. The Morgan fingerprint density at radius 3 is 2.33 bits per heavy atom. The minimum atomic E-state index is -0.415. The van der Waals surface area contributed by atoms with Gasteiger partial charge in [-0.1, -0.05) is 45.0 Å². The van der Waals surface area contributed by atoms with Crippen LogP contribution in [0.5, 0.6) is 0 Å². The summed E-state index contributed by atoms with van der Waals surface area (Å²) in [4.78, 5) is 37.1. The highest BCUT2D eigenvalue weighted by molar-refractivity contribution is 6.04. The molecule has 0 aliphatic carbocycles. The summed E-state index contributed by atoms with van der Waals surface area (Å²) >= 11 is 0. The summed E-state index contributed by atoms with van der Waals surface area (Å²) in [5.41, 5.74) is 2.26. The minimum Gasteiger partial charge on any atom is -0.306 e. The second-order valence-corrected chi connectivity index (χ2v) is 8.81. The Morgan fingerprint density at radius 2 is 1.64 bits per heavy atom. The van der Waals surface area contributed by atoms with Crippen molar-refractivity contribution in [2.45, 2.75) is 33.1 Å². The van der Waals surface area contributed by atoms with Crippen LogP contribution >= 0.6 is 0 Å². The van der Waals surface area contributed by atoms with Gasteiger partial charge in [-0.25, -0.2) is 9.36 Å². The van der Waals surface area contributed by atoms with Crippen LogP contribution in [0, 0.1) is 6.92 Å². The third-order valence-corrected chi connectivity index (χ3v) is 5.25. The molecule has 8 nitrogen and oxygen atoms in total. The normalized spacial score (nSPS) is 11.4. The molecule has 0 aliphatic heterocycles. The number of amides is 1. The van der Waals surface area contributed by atoms with Gasteiger partial charge >= 0.3 is 0 Å². The molecule has 2 aromatic carbocycles. The number of aromatic amines is 1. The van der Waals surface area contributed by atoms with Crippen molar-refractivity contribution in [2.24, 2.45) is 0 Å². The van der Waals surface area contributed by atoms with Gasteiger partial charge in [0.2, 0.25) is 0 Å². The molecule has 0 unspecified atom stereocenters. The first-order chi connectivity index (χ1) is 15.6. The number of hydrogen-bond donors (Lipinski definition) is 2. The number of para-hydroxylation sites is 1. The maximum atomic E-state index is 13.2. The Morgan fingerprint density at radius 1 is 0.939 bits per heavy atom. The molecule has 2 N–H and O–H groups in total. The van der Waals surface area contributed by atoms with Gasteiger partial charge in [-0.05, 0) is 37.3 Å². The first-order valence-electron chi connectivity index (χ1n) is 10.5. The Labute approximate surface area is 190 Å². The maximum Gasteiger partial charge on any atom is 0.269 e. The molecule has 0 aliphatic rings. The van der Waals surface area contributed by atoms with Gasteiger partial charge in [0, 0.05) is 28.7 Å². The van der Waals surface area contributed by atoms with Crippen molar-refractivity contribution in [1.29, 1.82) is 0 Å². The minimum absolute atomic E-state index is 0.218. The SMILES string of the molecule is Cc1c(C(C)(C)C)nn(-c2ccccc2)c1NC(=O)c1cccc(-n2[nH]c(=O)ccc2=O)c1. The highest BCUT2D eigenvalue weighted by Gasteiger charge is 2.26. The summed E-state index contributed by atoms with van der Waals surface area (Å²) in [6.45, 7) is 8.16. The van der Waals surface area contributed by atoms with Crippen molar-refractivity contribution in [1.82, 2.24) is 19.6 Å². The van der Waals surface area contributed by atoms with E-state index >= 15 is 0 Å². The highest BCUT2D eigenvalue weighted by atomic mass is 16.2. The lowest BCUT2D eigenvalue weighted by molar-refractivity contribution is 0.102. The van der Waals surface area contributed by atoms with Gasteiger partial charge in [-0.3, -0.25) is 19.5 Å². The van der Waals surface area contributed by atoms with Gasteiger partial charge in [0.15, 0.2) is 0 Å². The zero-order chi connectivity index (χ0) is 23.8. The molecule has 1 amide bonds. The van der Waals surface area contributed by atoms with Crippen LogP contribution in [0.25, 0.3) is 11.4 Å². The lowest BCUT2D eigenvalue weighted by Gasteiger charge is -2.16. The topological polar surface area (TPSA) is 102 Å². The standard InChI is InChI=1S/C25H25N5O3/c1-16-22(25(2,3)4)28-30(18-10-6-5-7-11-18)23(16)26-24(33)17-9-8-12-19(15-17)29-21(32)14-13-20(31)27-29/h5-15H,1-4H3,(H,26,33)(H,27,31). The predicted molar refractivity (Wildman–Crippen MR) is 128 cm³/mol. The largest absolute Gasteiger partial charge is 0.306 e. The predicted octanol–water partition coefficient (Wildman–Crippen LogP) is 3.57. The van der Waals surface area contributed by atoms with E-state index in [0.717, 1.165) is 27.7 Å². The average Bonchev–Trinajstić information content (AvgIpc) is 3.12. The fourth-order valence-corrected chi connectivity index (χ4v) is 3.69. The number of nitrogens with one attached hydrogen (secondary N) is 2. The molecular weight excluding hydrogens is 418 g/mol. The van der Waals surface area contributed by atoms with E-state index in [-0.39, 0.29) is 11.3 Å². The Bertz CT molecular complexity index is 1440. The van der Waals surface area contributed by atoms with Gasteiger partial charge in [-0.15, -0.1) is 0 Å². The molecule has 2 heterocycles. The number of carbonyl (C=O) groups is 1. The average molecular weight is 444 g/mol. The van der Waals surface area contributed by atoms with Crippen molar-refractivity contribution < 1.29 is 4.79 Å². The number of carbonyl (C=O) groups excluding carboxylic acids is 1. The number of aromatic nitrogens is 4. The Hall–Kier alpha value is -4.20. The summed E-state index contributed by atoms with van der Waals surface area (Å²) < 4.78 is 2.84. The van der Waals surface area contributed by atoms with E-state index in [1.54, 1.807) is 28.9 Å². The molecule has 8 heteroatoms. The monoisotopic (exact) mass is 443 g/mol. The first kappa shape index (κ1) is 22.0. The van der Waals surface area contributed by atoms with Crippen molar-refractivity contribution in [3.05, 3.63) is 104 Å². The molecule has 33 heavy (non-hydrogen) atoms. The molecule has 0 atom stereocenters. The van der Waals surface area contributed by atoms with Crippen LogP contribution in [0.1, 0.15) is 42.4 Å². The molecule has 0 fully saturated rings. The van der Waals surface area contributed by atoms with E-state index in [4.69, 9.17) is 5.10 Å². The van der Waals surface area contributed by atoms with E-state index in [9.17, 15) is 14.4 Å². The van der Waals surface area contributed by atoms with Crippen LogP contribution in [0.2, 0.25) is 0 Å². The molecule has 0 saturated heterocycles. The van der Waals surface area contributed by atoms with Gasteiger partial charge in [-0.2, -0.15) is 5.10 Å². The molecule has 0 bridgehead atoms. The Kier molecular flexibility index (Phi) is 5.59. The summed E-state index contributed by atoms with van der Waals surface area (Å²) in [7, 11) is 0. The fraction of sp³-hybridized carbons (Fsp3) is 0.200. The van der Waals surface area contributed by atoms with Gasteiger partial charge < -0.3 is 5.32 Å². The lowest BCUT2D eigenvalue weighted by Crippen LogP contribution is -2.26. The first-order valence-corrected chi connectivity index (χ1v) is 10.5. The van der Waals surface area contributed by atoms with Crippen LogP contribution in [0.15, 0.2) is 76.3 Å². The fourth-order valence-electron chi connectivity index (χ4n) is 3.69. The van der Waals surface area contributed by atoms with E-state index in [1.165, 1.54) is 6.07 Å². The van der Waals surface area contributed by atoms with Gasteiger partial charge in [0.1, 0.15) is 5.82 Å². The second-order valence-electron chi connectivity index (χ2n) is 8.81. The molecule has 0 saturated carbocycles. The van der Waals surface area contributed by atoms with Crippen LogP contribution < -0.4 is 16.4 Å². The number of hydrogen-bond acceptors (Lipinski definition) is 4. The summed E-state index contributed by atoms with van der Waals surface area (Å²) in [6.07, 6.45) is 0. The number of anilines is 1. The molecule has 2 aromatic heterocycles. The van der Waals surface area contributed by atoms with Crippen LogP contribution in [0.4, 0.5) is 5.82 Å². The third-order valence-electron chi connectivity index (χ3n) is 5.25. The highest BCUT2D eigenvalue weighted by Crippen LogP contribution is 2.31. The summed E-state index contributed by atoms with van der Waals surface area (Å²) in [5.74, 6) is 0.218. The molecule has 0 spiro atoms.